The van der Waals surface area contributed by atoms with Crippen molar-refractivity contribution in [2.45, 2.75) is 80.8 Å². The number of aromatic nitrogens is 2. The average Bonchev–Trinajstić information content (AvgIpc) is 4.20. The highest BCUT2D eigenvalue weighted by Crippen LogP contribution is 2.60. The van der Waals surface area contributed by atoms with Gasteiger partial charge in [-0.3, -0.25) is 23.7 Å². The number of carbonyl (C=O) groups excluding carboxylic acids is 2. The van der Waals surface area contributed by atoms with Crippen molar-refractivity contribution >= 4 is 41.2 Å². The fraction of sp³-hybridized carbons (Fsp3) is 0.362. The van der Waals surface area contributed by atoms with Gasteiger partial charge in [-0.05, 0) is 70.1 Å². The Morgan fingerprint density at radius 3 is 1.99 bits per heavy atom. The summed E-state index contributed by atoms with van der Waals surface area (Å²) in [4.78, 5) is 55.9. The number of aryl methyl sites for hydroxylation is 1. The summed E-state index contributed by atoms with van der Waals surface area (Å²) in [5.74, 6) is 0.698. The third kappa shape index (κ3) is 13.4. The van der Waals surface area contributed by atoms with E-state index in [-0.39, 0.29) is 67.8 Å². The van der Waals surface area contributed by atoms with Crippen LogP contribution in [0.15, 0.2) is 143 Å². The quantitative estimate of drug-likeness (QED) is 0.0222. The number of benzene rings is 5. The van der Waals surface area contributed by atoms with Crippen molar-refractivity contribution in [3.63, 3.8) is 0 Å². The van der Waals surface area contributed by atoms with E-state index < -0.39 is 60.5 Å². The Hall–Kier alpha value is -6.62. The van der Waals surface area contributed by atoms with Gasteiger partial charge in [-0.15, -0.1) is 0 Å². The molecular weight excluding hydrogens is 1050 g/mol. The van der Waals surface area contributed by atoms with Crippen LogP contribution in [0.4, 0.5) is 4.79 Å². The number of methoxy groups -OCH3 is 2. The lowest BCUT2D eigenvalue weighted by Gasteiger charge is -2.37. The third-order valence-electron chi connectivity index (χ3n) is 13.4. The lowest BCUT2D eigenvalue weighted by molar-refractivity contribution is -0.122. The first-order chi connectivity index (χ1) is 37.6. The van der Waals surface area contributed by atoms with Crippen LogP contribution in [0.3, 0.4) is 0 Å². The molecule has 1 aromatic heterocycles. The summed E-state index contributed by atoms with van der Waals surface area (Å²) in [7, 11) is 1.73. The van der Waals surface area contributed by atoms with Crippen molar-refractivity contribution in [1.82, 2.24) is 20.2 Å². The first kappa shape index (κ1) is 57.6. The van der Waals surface area contributed by atoms with Crippen LogP contribution in [0.25, 0.3) is 11.1 Å². The Morgan fingerprint density at radius 1 is 0.821 bits per heavy atom. The molecule has 0 radical (unpaired) electrons. The van der Waals surface area contributed by atoms with Gasteiger partial charge in [0.25, 0.3) is 5.56 Å². The van der Waals surface area contributed by atoms with E-state index in [0.29, 0.717) is 22.6 Å². The highest BCUT2D eigenvalue weighted by molar-refractivity contribution is 8.77. The molecule has 1 fully saturated rings. The number of alkyl carbamates (subject to hydrolysis) is 1. The number of carbonyl (C=O) groups is 2. The number of aromatic amines is 1. The van der Waals surface area contributed by atoms with Crippen LogP contribution in [0, 0.1) is 18.3 Å². The Bertz CT molecular complexity index is 3140. The molecule has 1 aliphatic heterocycles. The molecule has 1 unspecified atom stereocenters. The predicted octanol–water partition coefficient (Wildman–Crippen LogP) is 9.87. The highest BCUT2D eigenvalue weighted by atomic mass is 33.1. The first-order valence-corrected chi connectivity index (χ1v) is 29.4. The number of hydrogen-bond donors (Lipinski definition) is 3. The number of ether oxygens (including phenoxy) is 5. The second-order valence-corrected chi connectivity index (χ2v) is 25.1. The van der Waals surface area contributed by atoms with E-state index in [2.05, 4.69) is 27.8 Å². The van der Waals surface area contributed by atoms with E-state index in [4.69, 9.17) is 32.7 Å². The maximum absolute atomic E-state index is 15.6. The molecular formula is C58H64N5O12PS2. The van der Waals surface area contributed by atoms with Crippen molar-refractivity contribution in [3.05, 3.63) is 188 Å². The van der Waals surface area contributed by atoms with Gasteiger partial charge in [0, 0.05) is 41.1 Å². The minimum atomic E-state index is -4.40. The molecule has 3 N–H and O–H groups in total. The Balaban J connectivity index is 1.04. The van der Waals surface area contributed by atoms with Crippen molar-refractivity contribution in [2.24, 2.45) is 0 Å². The highest BCUT2D eigenvalue weighted by Gasteiger charge is 2.51. The van der Waals surface area contributed by atoms with E-state index in [9.17, 15) is 24.4 Å². The zero-order valence-electron chi connectivity index (χ0n) is 44.3. The summed E-state index contributed by atoms with van der Waals surface area (Å²) in [5.41, 5.74) is 2.85. The molecule has 5 aromatic carbocycles. The maximum atomic E-state index is 15.6. The molecule has 6 aromatic rings. The van der Waals surface area contributed by atoms with Gasteiger partial charge in [-0.2, -0.15) is 5.26 Å². The SMILES string of the molecule is COc1ccc(C(OC[C@H]2O[C@@H](n3cc(C)c(=O)[nH]c3=O)C[C@@H]2P(=O)(OCCC#N)OCCNC(=O)[C@H](CSSC(C)(C)C)NC(=O)OCC2c3ccccc3-c3ccccc32)(c2ccccc2)c2ccc(OC)cc2)cc1. The van der Waals surface area contributed by atoms with Crippen LogP contribution < -0.4 is 31.4 Å². The monoisotopic (exact) mass is 1120 g/mol. The Labute approximate surface area is 461 Å². The zero-order chi connectivity index (χ0) is 55.5. The molecule has 17 nitrogen and oxygen atoms in total. The first-order valence-electron chi connectivity index (χ1n) is 25.5. The lowest BCUT2D eigenvalue weighted by Crippen LogP contribution is -2.49. The number of nitrogens with zero attached hydrogens (tertiary/aromatic N) is 2. The zero-order valence-corrected chi connectivity index (χ0v) is 46.8. The van der Waals surface area contributed by atoms with Crippen LogP contribution in [0.1, 0.15) is 79.1 Å². The normalized spacial score (nSPS) is 17.2. The molecule has 2 heterocycles. The number of H-pyrrole nitrogens is 1. The van der Waals surface area contributed by atoms with Gasteiger partial charge in [-0.25, -0.2) is 9.59 Å². The van der Waals surface area contributed by atoms with Crippen LogP contribution >= 0.6 is 29.2 Å². The van der Waals surface area contributed by atoms with E-state index in [0.717, 1.165) is 27.8 Å². The molecule has 410 valence electrons. The standard InChI is InChI=1S/C58H64N5O12PS2/c1-38-34-63(55(66)62-53(38)64)52-33-51(50(75-52)36-72-58(39-15-8-7-9-16-39,40-21-25-42(69-5)26-22-40)41-23-27-43(70-6)28-24-41)76(68,73-31-14-29-59)74-32-30-60-54(65)49(37-77-78-57(2,3)4)61-56(67)71-35-48-46-19-12-10-17-44(46)45-18-11-13-20-47(45)48/h7-13,15-28,34,48-52H,14,30-33,35-37H2,1-6H3,(H,60,65)(H,61,67)(H,62,64,66)/t49-,50+,51-,52+,76?/m0/s1. The number of nitrogens with one attached hydrogen (secondary N) is 3. The fourth-order valence-electron chi connectivity index (χ4n) is 9.61. The summed E-state index contributed by atoms with van der Waals surface area (Å²) in [5, 5.41) is 15.2. The Kier molecular flexibility index (Phi) is 19.1. The summed E-state index contributed by atoms with van der Waals surface area (Å²) < 4.78 is 59.8. The molecule has 0 saturated carbocycles. The van der Waals surface area contributed by atoms with Gasteiger partial charge >= 0.3 is 19.4 Å². The summed E-state index contributed by atoms with van der Waals surface area (Å²) >= 11 is 0. The van der Waals surface area contributed by atoms with Crippen LogP contribution in [-0.4, -0.2) is 97.0 Å². The number of hydrogen-bond acceptors (Lipinski definition) is 15. The third-order valence-corrected chi connectivity index (χ3v) is 19.1. The molecule has 78 heavy (non-hydrogen) atoms. The van der Waals surface area contributed by atoms with Gasteiger partial charge < -0.3 is 43.4 Å². The molecule has 0 bridgehead atoms. The number of nitriles is 1. The second kappa shape index (κ2) is 25.9. The molecule has 2 amide bonds. The van der Waals surface area contributed by atoms with E-state index in [1.807, 2.05) is 142 Å². The summed E-state index contributed by atoms with van der Waals surface area (Å²) in [6.07, 6.45) is -1.85. The summed E-state index contributed by atoms with van der Waals surface area (Å²) in [6, 6.07) is 41.4. The molecule has 2 aliphatic rings. The van der Waals surface area contributed by atoms with Crippen LogP contribution in [0.5, 0.6) is 11.5 Å². The van der Waals surface area contributed by atoms with Crippen LogP contribution in [0.2, 0.25) is 0 Å². The fourth-order valence-corrected chi connectivity index (χ4v) is 14.2. The topological polar surface area (TPSA) is 219 Å². The molecule has 0 spiro atoms. The summed E-state index contributed by atoms with van der Waals surface area (Å²) in [6.45, 7) is 6.68. The minimum Gasteiger partial charge on any atom is -0.497 e. The number of rotatable bonds is 24. The van der Waals surface area contributed by atoms with Gasteiger partial charge in [-0.1, -0.05) is 145 Å². The molecule has 1 saturated heterocycles. The molecule has 20 heteroatoms. The largest absolute Gasteiger partial charge is 0.497 e. The van der Waals surface area contributed by atoms with Crippen LogP contribution in [-0.2, 0) is 38.2 Å². The minimum absolute atomic E-state index is 0.0530. The van der Waals surface area contributed by atoms with Crippen molar-refractivity contribution in [3.8, 4) is 28.7 Å². The van der Waals surface area contributed by atoms with E-state index >= 15 is 4.57 Å². The van der Waals surface area contributed by atoms with Gasteiger partial charge in [0.2, 0.25) is 5.91 Å². The van der Waals surface area contributed by atoms with Crippen molar-refractivity contribution < 1.29 is 46.9 Å². The molecule has 8 rings (SSSR count). The van der Waals surface area contributed by atoms with Crippen molar-refractivity contribution in [1.29, 1.82) is 5.26 Å². The molecule has 1 aliphatic carbocycles. The van der Waals surface area contributed by atoms with Gasteiger partial charge in [0.05, 0.1) is 58.3 Å². The Morgan fingerprint density at radius 2 is 1.40 bits per heavy atom. The van der Waals surface area contributed by atoms with E-state index in [1.165, 1.54) is 21.6 Å². The average molecular weight is 1120 g/mol. The molecule has 5 atom stereocenters. The number of amides is 2. The van der Waals surface area contributed by atoms with Gasteiger partial charge in [0.15, 0.2) is 0 Å². The van der Waals surface area contributed by atoms with E-state index in [1.54, 1.807) is 31.9 Å². The lowest BCUT2D eigenvalue weighted by atomic mass is 9.80. The van der Waals surface area contributed by atoms with Crippen molar-refractivity contribution in [2.75, 3.05) is 52.9 Å². The second-order valence-electron chi connectivity index (χ2n) is 19.6. The maximum Gasteiger partial charge on any atom is 0.407 e. The smallest absolute Gasteiger partial charge is 0.407 e. The predicted molar refractivity (Wildman–Crippen MR) is 301 cm³/mol. The van der Waals surface area contributed by atoms with Gasteiger partial charge in [0.1, 0.15) is 36.0 Å². The number of fused-ring (bicyclic) bond motifs is 3.